The van der Waals surface area contributed by atoms with Gasteiger partial charge in [0.1, 0.15) is 5.82 Å². The van der Waals surface area contributed by atoms with Gasteiger partial charge in [-0.05, 0) is 28.6 Å². The fourth-order valence-electron chi connectivity index (χ4n) is 2.94. The third-order valence-corrected chi connectivity index (χ3v) is 4.16. The quantitative estimate of drug-likeness (QED) is 0.566. The van der Waals surface area contributed by atoms with Gasteiger partial charge < -0.3 is 5.32 Å². The van der Waals surface area contributed by atoms with Gasteiger partial charge in [0.2, 0.25) is 0 Å². The minimum atomic E-state index is -0.164. The van der Waals surface area contributed by atoms with Crippen LogP contribution in [0.5, 0.6) is 0 Å². The first kappa shape index (κ1) is 15.1. The van der Waals surface area contributed by atoms with Crippen LogP contribution >= 0.6 is 0 Å². The zero-order valence-electron chi connectivity index (χ0n) is 13.5. The molecule has 0 atom stereocenters. The van der Waals surface area contributed by atoms with Gasteiger partial charge >= 0.3 is 0 Å². The predicted molar refractivity (Wildman–Crippen MR) is 102 cm³/mol. The van der Waals surface area contributed by atoms with Crippen LogP contribution in [-0.2, 0) is 0 Å². The van der Waals surface area contributed by atoms with Crippen molar-refractivity contribution >= 4 is 22.5 Å². The first-order valence-corrected chi connectivity index (χ1v) is 8.12. The fourth-order valence-corrected chi connectivity index (χ4v) is 2.94. The zero-order valence-corrected chi connectivity index (χ0v) is 13.5. The topological polar surface area (TPSA) is 42.0 Å². The number of benzene rings is 3. The summed E-state index contributed by atoms with van der Waals surface area (Å²) in [5, 5.41) is 4.93. The molecule has 1 aromatic heterocycles. The monoisotopic (exact) mass is 324 g/mol. The van der Waals surface area contributed by atoms with Crippen LogP contribution in [0.1, 0.15) is 10.4 Å². The molecule has 0 saturated carbocycles. The molecule has 3 heteroatoms. The molecule has 25 heavy (non-hydrogen) atoms. The van der Waals surface area contributed by atoms with Crippen LogP contribution in [-0.4, -0.2) is 10.9 Å². The molecule has 0 aliphatic heterocycles. The number of hydrogen-bond donors (Lipinski definition) is 1. The Kier molecular flexibility index (Phi) is 3.97. The summed E-state index contributed by atoms with van der Waals surface area (Å²) in [6.07, 6.45) is 1.71. The molecule has 0 fully saturated rings. The van der Waals surface area contributed by atoms with Gasteiger partial charge in [-0.15, -0.1) is 0 Å². The standard InChI is InChI=1S/C22H16N2O/c25-22(24-21-19-12-5-4-10-17(19)14-15-23-21)20-13-7-6-11-18(20)16-8-2-1-3-9-16/h1-15H,(H,23,24,25). The van der Waals surface area contributed by atoms with Crippen molar-refractivity contribution in [3.8, 4) is 11.1 Å². The molecule has 3 nitrogen and oxygen atoms in total. The molecule has 0 spiro atoms. The van der Waals surface area contributed by atoms with Gasteiger partial charge in [-0.1, -0.05) is 72.8 Å². The van der Waals surface area contributed by atoms with E-state index in [1.165, 1.54) is 0 Å². The maximum Gasteiger partial charge on any atom is 0.257 e. The van der Waals surface area contributed by atoms with Gasteiger partial charge in [-0.3, -0.25) is 4.79 Å². The van der Waals surface area contributed by atoms with Crippen molar-refractivity contribution in [1.82, 2.24) is 4.98 Å². The maximum absolute atomic E-state index is 12.9. The molecule has 1 N–H and O–H groups in total. The average Bonchev–Trinajstić information content (AvgIpc) is 2.69. The minimum absolute atomic E-state index is 0.164. The number of amides is 1. The van der Waals surface area contributed by atoms with E-state index < -0.39 is 0 Å². The van der Waals surface area contributed by atoms with E-state index in [0.717, 1.165) is 21.9 Å². The number of hydrogen-bond acceptors (Lipinski definition) is 2. The van der Waals surface area contributed by atoms with E-state index in [2.05, 4.69) is 10.3 Å². The van der Waals surface area contributed by atoms with Crippen molar-refractivity contribution in [1.29, 1.82) is 0 Å². The number of carbonyl (C=O) groups is 1. The Morgan fingerprint density at radius 2 is 1.48 bits per heavy atom. The van der Waals surface area contributed by atoms with Crippen molar-refractivity contribution in [3.05, 3.63) is 96.7 Å². The lowest BCUT2D eigenvalue weighted by atomic mass is 9.99. The molecule has 120 valence electrons. The van der Waals surface area contributed by atoms with Crippen LogP contribution < -0.4 is 5.32 Å². The van der Waals surface area contributed by atoms with E-state index in [1.807, 2.05) is 84.9 Å². The number of carbonyl (C=O) groups excluding carboxylic acids is 1. The first-order valence-electron chi connectivity index (χ1n) is 8.12. The number of pyridine rings is 1. The van der Waals surface area contributed by atoms with Gasteiger partial charge in [0.05, 0.1) is 0 Å². The smallest absolute Gasteiger partial charge is 0.257 e. The van der Waals surface area contributed by atoms with Gasteiger partial charge in [0.15, 0.2) is 0 Å². The van der Waals surface area contributed by atoms with Gasteiger partial charge in [0.25, 0.3) is 5.91 Å². The number of rotatable bonds is 3. The Balaban J connectivity index is 1.73. The summed E-state index contributed by atoms with van der Waals surface area (Å²) in [6, 6.07) is 27.3. The number of nitrogens with zero attached hydrogens (tertiary/aromatic N) is 1. The molecule has 0 unspecified atom stereocenters. The minimum Gasteiger partial charge on any atom is -0.306 e. The van der Waals surface area contributed by atoms with Crippen LogP contribution in [0.3, 0.4) is 0 Å². The highest BCUT2D eigenvalue weighted by atomic mass is 16.1. The van der Waals surface area contributed by atoms with Gasteiger partial charge in [-0.2, -0.15) is 0 Å². The van der Waals surface area contributed by atoms with E-state index >= 15 is 0 Å². The normalized spacial score (nSPS) is 10.6. The van der Waals surface area contributed by atoms with Crippen LogP contribution in [0.4, 0.5) is 5.82 Å². The van der Waals surface area contributed by atoms with Crippen molar-refractivity contribution in [2.75, 3.05) is 5.32 Å². The summed E-state index contributed by atoms with van der Waals surface area (Å²) in [6.45, 7) is 0. The summed E-state index contributed by atoms with van der Waals surface area (Å²) in [5.41, 5.74) is 2.54. The highest BCUT2D eigenvalue weighted by Gasteiger charge is 2.14. The fraction of sp³-hybridized carbons (Fsp3) is 0. The third-order valence-electron chi connectivity index (χ3n) is 4.16. The Labute approximate surface area is 146 Å². The summed E-state index contributed by atoms with van der Waals surface area (Å²) < 4.78 is 0. The van der Waals surface area contributed by atoms with Gasteiger partial charge in [-0.25, -0.2) is 4.98 Å². The van der Waals surface area contributed by atoms with E-state index in [4.69, 9.17) is 0 Å². The predicted octanol–water partition coefficient (Wildman–Crippen LogP) is 5.15. The zero-order chi connectivity index (χ0) is 17.1. The number of nitrogens with one attached hydrogen (secondary N) is 1. The molecule has 0 aliphatic carbocycles. The van der Waals surface area contributed by atoms with E-state index in [9.17, 15) is 4.79 Å². The second-order valence-electron chi connectivity index (χ2n) is 5.75. The summed E-state index contributed by atoms with van der Waals surface area (Å²) >= 11 is 0. The Morgan fingerprint density at radius 3 is 2.36 bits per heavy atom. The Morgan fingerprint density at radius 1 is 0.760 bits per heavy atom. The average molecular weight is 324 g/mol. The van der Waals surface area contributed by atoms with Crippen molar-refractivity contribution in [2.45, 2.75) is 0 Å². The third kappa shape index (κ3) is 3.00. The van der Waals surface area contributed by atoms with E-state index in [0.29, 0.717) is 11.4 Å². The molecule has 0 aliphatic rings. The number of anilines is 1. The molecule has 1 amide bonds. The molecular weight excluding hydrogens is 308 g/mol. The lowest BCUT2D eigenvalue weighted by Gasteiger charge is -2.11. The second-order valence-corrected chi connectivity index (χ2v) is 5.75. The Hall–Kier alpha value is -3.46. The molecule has 0 radical (unpaired) electrons. The highest BCUT2D eigenvalue weighted by Crippen LogP contribution is 2.25. The largest absolute Gasteiger partial charge is 0.306 e. The van der Waals surface area contributed by atoms with Crippen LogP contribution in [0, 0.1) is 0 Å². The van der Waals surface area contributed by atoms with Crippen LogP contribution in [0.15, 0.2) is 91.1 Å². The van der Waals surface area contributed by atoms with Crippen molar-refractivity contribution < 1.29 is 4.79 Å². The molecule has 0 bridgehead atoms. The highest BCUT2D eigenvalue weighted by molar-refractivity contribution is 6.11. The molecular formula is C22H16N2O. The SMILES string of the molecule is O=C(Nc1nccc2ccccc12)c1ccccc1-c1ccccc1. The van der Waals surface area contributed by atoms with Crippen molar-refractivity contribution in [3.63, 3.8) is 0 Å². The van der Waals surface area contributed by atoms with Gasteiger partial charge in [0, 0.05) is 17.1 Å². The first-order chi connectivity index (χ1) is 12.3. The molecule has 4 aromatic rings. The van der Waals surface area contributed by atoms with Crippen LogP contribution in [0.2, 0.25) is 0 Å². The number of fused-ring (bicyclic) bond motifs is 1. The number of aromatic nitrogens is 1. The van der Waals surface area contributed by atoms with Crippen LogP contribution in [0.25, 0.3) is 21.9 Å². The lowest BCUT2D eigenvalue weighted by Crippen LogP contribution is -2.14. The maximum atomic E-state index is 12.9. The molecule has 4 rings (SSSR count). The molecule has 3 aromatic carbocycles. The molecule has 0 saturated heterocycles. The summed E-state index contributed by atoms with van der Waals surface area (Å²) in [4.78, 5) is 17.2. The summed E-state index contributed by atoms with van der Waals surface area (Å²) in [7, 11) is 0. The van der Waals surface area contributed by atoms with E-state index in [-0.39, 0.29) is 5.91 Å². The molecule has 1 heterocycles. The summed E-state index contributed by atoms with van der Waals surface area (Å²) in [5.74, 6) is 0.411. The lowest BCUT2D eigenvalue weighted by molar-refractivity contribution is 0.102. The second kappa shape index (κ2) is 6.57. The van der Waals surface area contributed by atoms with Crippen molar-refractivity contribution in [2.24, 2.45) is 0 Å². The Bertz CT molecular complexity index is 1040. The van der Waals surface area contributed by atoms with E-state index in [1.54, 1.807) is 6.20 Å².